The molecule has 2 rings (SSSR count). The summed E-state index contributed by atoms with van der Waals surface area (Å²) in [6.07, 6.45) is 14.1. The summed E-state index contributed by atoms with van der Waals surface area (Å²) in [7, 11) is 0. The third-order valence-electron chi connectivity index (χ3n) is 2.06. The third kappa shape index (κ3) is 0.878. The summed E-state index contributed by atoms with van der Waals surface area (Å²) in [5, 5.41) is 3.30. The lowest BCUT2D eigenvalue weighted by atomic mass is 9.90. The van der Waals surface area contributed by atoms with E-state index in [1.807, 2.05) is 6.20 Å². The summed E-state index contributed by atoms with van der Waals surface area (Å²) in [5.74, 6) is 0.690. The van der Waals surface area contributed by atoms with Gasteiger partial charge in [-0.3, -0.25) is 0 Å². The summed E-state index contributed by atoms with van der Waals surface area (Å²) in [6, 6.07) is 0.551. The topological polar surface area (TPSA) is 12.0 Å². The van der Waals surface area contributed by atoms with Gasteiger partial charge in [-0.25, -0.2) is 0 Å². The molecule has 2 aliphatic rings. The van der Waals surface area contributed by atoms with Crippen LogP contribution in [0.1, 0.15) is 6.42 Å². The lowest BCUT2D eigenvalue weighted by molar-refractivity contribution is 0.499. The molecule has 0 spiro atoms. The molecule has 0 saturated carbocycles. The minimum absolute atomic E-state index is 0.551. The summed E-state index contributed by atoms with van der Waals surface area (Å²) in [5.41, 5.74) is 0. The molecule has 0 fully saturated rings. The first-order valence-corrected chi connectivity index (χ1v) is 3.73. The van der Waals surface area contributed by atoms with E-state index in [4.69, 9.17) is 0 Å². The molecule has 2 atom stereocenters. The van der Waals surface area contributed by atoms with Crippen LogP contribution in [0.3, 0.4) is 0 Å². The SMILES string of the molecule is C1=CC2CC=CNC2C=C1. The standard InChI is InChI=1S/C9H11N/c1-2-6-9-8(4-1)5-3-7-10-9/h1-4,6-10H,5H2. The first kappa shape index (κ1) is 5.78. The molecule has 52 valence electrons. The van der Waals surface area contributed by atoms with Crippen LogP contribution in [0.4, 0.5) is 0 Å². The maximum absolute atomic E-state index is 3.30. The minimum atomic E-state index is 0.551. The number of fused-ring (bicyclic) bond motifs is 1. The van der Waals surface area contributed by atoms with Crippen molar-refractivity contribution in [3.8, 4) is 0 Å². The molecule has 0 amide bonds. The molecule has 0 radical (unpaired) electrons. The van der Waals surface area contributed by atoms with E-state index in [1.165, 1.54) is 6.42 Å². The second-order valence-electron chi connectivity index (χ2n) is 2.76. The number of rotatable bonds is 0. The number of hydrogen-bond acceptors (Lipinski definition) is 1. The van der Waals surface area contributed by atoms with E-state index in [9.17, 15) is 0 Å². The zero-order valence-electron chi connectivity index (χ0n) is 5.83. The molecule has 1 heteroatoms. The highest BCUT2D eigenvalue weighted by molar-refractivity contribution is 5.20. The van der Waals surface area contributed by atoms with E-state index in [0.717, 1.165) is 0 Å². The zero-order chi connectivity index (χ0) is 6.81. The molecule has 0 aromatic heterocycles. The molecule has 1 N–H and O–H groups in total. The van der Waals surface area contributed by atoms with E-state index >= 15 is 0 Å². The Morgan fingerprint density at radius 1 is 1.20 bits per heavy atom. The van der Waals surface area contributed by atoms with Crippen molar-refractivity contribution in [1.82, 2.24) is 5.32 Å². The van der Waals surface area contributed by atoms with Crippen molar-refractivity contribution in [2.75, 3.05) is 0 Å². The molecule has 1 aliphatic heterocycles. The highest BCUT2D eigenvalue weighted by atomic mass is 14.9. The maximum atomic E-state index is 3.30. The van der Waals surface area contributed by atoms with Crippen molar-refractivity contribution in [2.24, 2.45) is 5.92 Å². The van der Waals surface area contributed by atoms with Gasteiger partial charge < -0.3 is 5.32 Å². The average molecular weight is 133 g/mol. The first-order chi connectivity index (χ1) is 4.97. The quantitative estimate of drug-likeness (QED) is 0.529. The van der Waals surface area contributed by atoms with E-state index in [0.29, 0.717) is 12.0 Å². The molecular formula is C9H11N. The molecule has 0 aromatic rings. The van der Waals surface area contributed by atoms with Crippen LogP contribution in [-0.2, 0) is 0 Å². The third-order valence-corrected chi connectivity index (χ3v) is 2.06. The largest absolute Gasteiger partial charge is 0.384 e. The van der Waals surface area contributed by atoms with Gasteiger partial charge in [0, 0.05) is 5.92 Å². The minimum Gasteiger partial charge on any atom is -0.384 e. The van der Waals surface area contributed by atoms with Gasteiger partial charge in [0.1, 0.15) is 0 Å². The second-order valence-corrected chi connectivity index (χ2v) is 2.76. The smallest absolute Gasteiger partial charge is 0.0507 e. The van der Waals surface area contributed by atoms with Crippen LogP contribution < -0.4 is 5.32 Å². The second kappa shape index (κ2) is 2.33. The Balaban J connectivity index is 2.19. The normalized spacial score (nSPS) is 35.2. The lowest BCUT2D eigenvalue weighted by Gasteiger charge is -2.26. The van der Waals surface area contributed by atoms with Crippen molar-refractivity contribution < 1.29 is 0 Å². The van der Waals surface area contributed by atoms with Gasteiger partial charge in [-0.2, -0.15) is 0 Å². The van der Waals surface area contributed by atoms with Gasteiger partial charge in [-0.15, -0.1) is 0 Å². The van der Waals surface area contributed by atoms with Crippen LogP contribution >= 0.6 is 0 Å². The summed E-state index contributed by atoms with van der Waals surface area (Å²) < 4.78 is 0. The fraction of sp³-hybridized carbons (Fsp3) is 0.333. The number of nitrogens with one attached hydrogen (secondary N) is 1. The fourth-order valence-corrected chi connectivity index (χ4v) is 1.46. The summed E-state index contributed by atoms with van der Waals surface area (Å²) in [4.78, 5) is 0. The van der Waals surface area contributed by atoms with E-state index in [-0.39, 0.29) is 0 Å². The van der Waals surface area contributed by atoms with Crippen LogP contribution in [0, 0.1) is 5.92 Å². The van der Waals surface area contributed by atoms with Crippen LogP contribution in [0.2, 0.25) is 0 Å². The Hall–Kier alpha value is -0.980. The monoisotopic (exact) mass is 133 g/mol. The molecule has 1 heterocycles. The van der Waals surface area contributed by atoms with Gasteiger partial charge in [0.25, 0.3) is 0 Å². The Kier molecular flexibility index (Phi) is 1.35. The highest BCUT2D eigenvalue weighted by Crippen LogP contribution is 2.19. The maximum Gasteiger partial charge on any atom is 0.0507 e. The van der Waals surface area contributed by atoms with Crippen molar-refractivity contribution in [3.05, 3.63) is 36.6 Å². The molecule has 1 aliphatic carbocycles. The van der Waals surface area contributed by atoms with Gasteiger partial charge in [0.15, 0.2) is 0 Å². The molecular weight excluding hydrogens is 122 g/mol. The molecule has 10 heavy (non-hydrogen) atoms. The zero-order valence-corrected chi connectivity index (χ0v) is 5.83. The van der Waals surface area contributed by atoms with Crippen molar-refractivity contribution in [1.29, 1.82) is 0 Å². The summed E-state index contributed by atoms with van der Waals surface area (Å²) in [6.45, 7) is 0. The number of hydrogen-bond donors (Lipinski definition) is 1. The van der Waals surface area contributed by atoms with Crippen LogP contribution in [-0.4, -0.2) is 6.04 Å². The lowest BCUT2D eigenvalue weighted by Crippen LogP contribution is -2.33. The average Bonchev–Trinajstić information content (AvgIpc) is 2.05. The molecule has 0 aromatic carbocycles. The van der Waals surface area contributed by atoms with Crippen molar-refractivity contribution >= 4 is 0 Å². The Morgan fingerprint density at radius 3 is 3.00 bits per heavy atom. The molecule has 1 nitrogen and oxygen atoms in total. The van der Waals surface area contributed by atoms with Crippen LogP contribution in [0.25, 0.3) is 0 Å². The Morgan fingerprint density at radius 2 is 2.10 bits per heavy atom. The number of allylic oxidation sites excluding steroid dienone is 3. The highest BCUT2D eigenvalue weighted by Gasteiger charge is 2.17. The van der Waals surface area contributed by atoms with Gasteiger partial charge in [0.05, 0.1) is 6.04 Å². The van der Waals surface area contributed by atoms with Gasteiger partial charge in [-0.1, -0.05) is 30.4 Å². The van der Waals surface area contributed by atoms with E-state index in [1.54, 1.807) is 0 Å². The predicted molar refractivity (Wildman–Crippen MR) is 42.5 cm³/mol. The van der Waals surface area contributed by atoms with Crippen molar-refractivity contribution in [3.63, 3.8) is 0 Å². The van der Waals surface area contributed by atoms with Crippen LogP contribution in [0.15, 0.2) is 36.6 Å². The molecule has 0 saturated heterocycles. The molecule has 0 bridgehead atoms. The predicted octanol–water partition coefficient (Wildman–Crippen LogP) is 1.60. The molecule has 2 unspecified atom stereocenters. The van der Waals surface area contributed by atoms with E-state index in [2.05, 4.69) is 35.7 Å². The van der Waals surface area contributed by atoms with Gasteiger partial charge >= 0.3 is 0 Å². The first-order valence-electron chi connectivity index (χ1n) is 3.73. The van der Waals surface area contributed by atoms with Crippen LogP contribution in [0.5, 0.6) is 0 Å². The summed E-state index contributed by atoms with van der Waals surface area (Å²) >= 11 is 0. The Labute approximate surface area is 61.1 Å². The van der Waals surface area contributed by atoms with Gasteiger partial charge in [-0.05, 0) is 12.6 Å². The van der Waals surface area contributed by atoms with Crippen molar-refractivity contribution in [2.45, 2.75) is 12.5 Å². The van der Waals surface area contributed by atoms with Gasteiger partial charge in [0.2, 0.25) is 0 Å². The van der Waals surface area contributed by atoms with E-state index < -0.39 is 0 Å². The Bertz CT molecular complexity index is 179. The fourth-order valence-electron chi connectivity index (χ4n) is 1.46.